The maximum atomic E-state index is 4.73. The van der Waals surface area contributed by atoms with Gasteiger partial charge in [0.15, 0.2) is 5.96 Å². The summed E-state index contributed by atoms with van der Waals surface area (Å²) in [5.41, 5.74) is 4.71. The Hall–Kier alpha value is -2.88. The lowest BCUT2D eigenvalue weighted by Crippen LogP contribution is -2.36. The first-order valence-corrected chi connectivity index (χ1v) is 8.67. The normalized spacial score (nSPS) is 11.5. The third-order valence-electron chi connectivity index (χ3n) is 4.18. The molecule has 4 nitrogen and oxygen atoms in total. The number of aliphatic imine (C=N–C) groups is 1. The molecular formula is C21H24N4. The molecule has 0 aliphatic heterocycles. The van der Waals surface area contributed by atoms with Crippen LogP contribution in [-0.2, 0) is 13.1 Å². The third-order valence-corrected chi connectivity index (χ3v) is 4.18. The van der Waals surface area contributed by atoms with E-state index in [-0.39, 0.29) is 0 Å². The van der Waals surface area contributed by atoms with Gasteiger partial charge in [0.05, 0.1) is 12.1 Å². The van der Waals surface area contributed by atoms with Crippen LogP contribution in [0.5, 0.6) is 0 Å². The number of hydrogen-bond donors (Lipinski definition) is 2. The highest BCUT2D eigenvalue weighted by Gasteiger charge is 2.03. The molecule has 1 aromatic heterocycles. The third kappa shape index (κ3) is 4.35. The zero-order chi connectivity index (χ0) is 17.5. The largest absolute Gasteiger partial charge is 0.357 e. The van der Waals surface area contributed by atoms with Crippen LogP contribution in [-0.4, -0.2) is 17.5 Å². The summed E-state index contributed by atoms with van der Waals surface area (Å²) in [7, 11) is 0. The Morgan fingerprint density at radius 3 is 2.60 bits per heavy atom. The van der Waals surface area contributed by atoms with Crippen molar-refractivity contribution in [1.29, 1.82) is 0 Å². The van der Waals surface area contributed by atoms with Gasteiger partial charge in [-0.25, -0.2) is 4.99 Å². The minimum absolute atomic E-state index is 0.595. The van der Waals surface area contributed by atoms with E-state index in [1.54, 1.807) is 0 Å². The summed E-state index contributed by atoms with van der Waals surface area (Å²) in [6.45, 7) is 6.38. The van der Waals surface area contributed by atoms with Crippen molar-refractivity contribution < 1.29 is 0 Å². The van der Waals surface area contributed by atoms with Crippen LogP contribution in [0, 0.1) is 6.92 Å². The fourth-order valence-corrected chi connectivity index (χ4v) is 2.79. The standard InChI is InChI=1S/C21H24N4/c1-3-22-21(24-14-18-9-5-4-8-16(18)2)25-15-19-11-6-10-17-12-7-13-23-20(17)19/h4-13H,3,14-15H2,1-2H3,(H2,22,24,25). The second-order valence-electron chi connectivity index (χ2n) is 5.97. The molecule has 0 fully saturated rings. The average molecular weight is 332 g/mol. The molecule has 128 valence electrons. The van der Waals surface area contributed by atoms with Crippen LogP contribution >= 0.6 is 0 Å². The molecule has 0 radical (unpaired) electrons. The monoisotopic (exact) mass is 332 g/mol. The average Bonchev–Trinajstić information content (AvgIpc) is 2.65. The van der Waals surface area contributed by atoms with Crippen molar-refractivity contribution in [2.75, 3.05) is 6.54 Å². The number of benzene rings is 2. The number of guanidine groups is 1. The van der Waals surface area contributed by atoms with Crippen molar-refractivity contribution in [1.82, 2.24) is 15.6 Å². The molecule has 0 amide bonds. The van der Waals surface area contributed by atoms with Gasteiger partial charge in [-0.1, -0.05) is 48.5 Å². The zero-order valence-electron chi connectivity index (χ0n) is 14.8. The summed E-state index contributed by atoms with van der Waals surface area (Å²) < 4.78 is 0. The van der Waals surface area contributed by atoms with Crippen LogP contribution in [0.3, 0.4) is 0 Å². The molecule has 2 aromatic carbocycles. The highest BCUT2D eigenvalue weighted by Crippen LogP contribution is 2.16. The minimum Gasteiger partial charge on any atom is -0.357 e. The van der Waals surface area contributed by atoms with E-state index in [4.69, 9.17) is 4.99 Å². The van der Waals surface area contributed by atoms with Gasteiger partial charge in [-0.2, -0.15) is 0 Å². The Bertz CT molecular complexity index is 865. The molecule has 3 rings (SSSR count). The number of para-hydroxylation sites is 1. The molecule has 0 saturated heterocycles. The number of hydrogen-bond acceptors (Lipinski definition) is 2. The van der Waals surface area contributed by atoms with E-state index in [9.17, 15) is 0 Å². The molecule has 0 atom stereocenters. The zero-order valence-corrected chi connectivity index (χ0v) is 14.8. The van der Waals surface area contributed by atoms with E-state index in [2.05, 4.69) is 78.0 Å². The lowest BCUT2D eigenvalue weighted by Gasteiger charge is -2.13. The Morgan fingerprint density at radius 2 is 1.76 bits per heavy atom. The molecule has 2 N–H and O–H groups in total. The van der Waals surface area contributed by atoms with E-state index in [0.29, 0.717) is 6.54 Å². The van der Waals surface area contributed by atoms with Crippen molar-refractivity contribution in [3.63, 3.8) is 0 Å². The fourth-order valence-electron chi connectivity index (χ4n) is 2.79. The van der Waals surface area contributed by atoms with Crippen molar-refractivity contribution in [3.05, 3.63) is 77.5 Å². The Morgan fingerprint density at radius 1 is 0.960 bits per heavy atom. The number of fused-ring (bicyclic) bond motifs is 1. The van der Waals surface area contributed by atoms with E-state index < -0.39 is 0 Å². The van der Waals surface area contributed by atoms with Gasteiger partial charge < -0.3 is 10.6 Å². The fraction of sp³-hybridized carbons (Fsp3) is 0.238. The predicted molar refractivity (Wildman–Crippen MR) is 105 cm³/mol. The summed E-state index contributed by atoms with van der Waals surface area (Å²) in [4.78, 5) is 9.23. The van der Waals surface area contributed by atoms with Crippen LogP contribution in [0.4, 0.5) is 0 Å². The van der Waals surface area contributed by atoms with Crippen LogP contribution in [0.25, 0.3) is 10.9 Å². The summed E-state index contributed by atoms with van der Waals surface area (Å²) in [6, 6.07) is 18.7. The van der Waals surface area contributed by atoms with Crippen LogP contribution in [0.1, 0.15) is 23.6 Å². The van der Waals surface area contributed by atoms with Crippen molar-refractivity contribution in [3.8, 4) is 0 Å². The smallest absolute Gasteiger partial charge is 0.191 e. The first-order valence-electron chi connectivity index (χ1n) is 8.67. The second-order valence-corrected chi connectivity index (χ2v) is 5.97. The summed E-state index contributed by atoms with van der Waals surface area (Å²) in [5.74, 6) is 0.818. The summed E-state index contributed by atoms with van der Waals surface area (Å²) in [5, 5.41) is 7.87. The Balaban J connectivity index is 1.74. The maximum Gasteiger partial charge on any atom is 0.191 e. The first kappa shape index (κ1) is 17.0. The number of nitrogens with one attached hydrogen (secondary N) is 2. The first-order chi connectivity index (χ1) is 12.3. The molecule has 0 saturated carbocycles. The molecule has 0 aliphatic carbocycles. The highest BCUT2D eigenvalue weighted by molar-refractivity contribution is 5.83. The molecule has 0 unspecified atom stereocenters. The van der Waals surface area contributed by atoms with Crippen LogP contribution < -0.4 is 10.6 Å². The van der Waals surface area contributed by atoms with Gasteiger partial charge in [0, 0.05) is 24.7 Å². The SMILES string of the molecule is CCNC(=NCc1cccc2cccnc12)NCc1ccccc1C. The number of pyridine rings is 1. The molecule has 1 heterocycles. The van der Waals surface area contributed by atoms with Gasteiger partial charge in [-0.05, 0) is 36.6 Å². The summed E-state index contributed by atoms with van der Waals surface area (Å²) >= 11 is 0. The topological polar surface area (TPSA) is 49.3 Å². The lowest BCUT2D eigenvalue weighted by atomic mass is 10.1. The molecule has 0 aliphatic rings. The lowest BCUT2D eigenvalue weighted by molar-refractivity contribution is 0.813. The quantitative estimate of drug-likeness (QED) is 0.552. The number of aromatic nitrogens is 1. The molecular weight excluding hydrogens is 308 g/mol. The van der Waals surface area contributed by atoms with Crippen LogP contribution in [0.2, 0.25) is 0 Å². The van der Waals surface area contributed by atoms with Crippen molar-refractivity contribution >= 4 is 16.9 Å². The minimum atomic E-state index is 0.595. The van der Waals surface area contributed by atoms with Gasteiger partial charge in [0.1, 0.15) is 0 Å². The Kier molecular flexibility index (Phi) is 5.62. The number of aryl methyl sites for hydroxylation is 1. The van der Waals surface area contributed by atoms with E-state index in [0.717, 1.165) is 35.5 Å². The van der Waals surface area contributed by atoms with Crippen LogP contribution in [0.15, 0.2) is 65.8 Å². The van der Waals surface area contributed by atoms with Crippen molar-refractivity contribution in [2.24, 2.45) is 4.99 Å². The van der Waals surface area contributed by atoms with Gasteiger partial charge in [-0.15, -0.1) is 0 Å². The molecule has 3 aromatic rings. The maximum absolute atomic E-state index is 4.73. The highest BCUT2D eigenvalue weighted by atomic mass is 15.2. The van der Waals surface area contributed by atoms with E-state index in [1.165, 1.54) is 11.1 Å². The molecule has 0 spiro atoms. The molecule has 25 heavy (non-hydrogen) atoms. The van der Waals surface area contributed by atoms with Gasteiger partial charge in [0.25, 0.3) is 0 Å². The van der Waals surface area contributed by atoms with E-state index >= 15 is 0 Å². The van der Waals surface area contributed by atoms with Gasteiger partial charge >= 0.3 is 0 Å². The number of nitrogens with zero attached hydrogens (tertiary/aromatic N) is 2. The predicted octanol–water partition coefficient (Wildman–Crippen LogP) is 3.80. The molecule has 4 heteroatoms. The second kappa shape index (κ2) is 8.29. The van der Waals surface area contributed by atoms with E-state index in [1.807, 2.05) is 12.3 Å². The number of rotatable bonds is 5. The molecule has 0 bridgehead atoms. The Labute approximate surface area is 149 Å². The van der Waals surface area contributed by atoms with Crippen molar-refractivity contribution in [2.45, 2.75) is 26.9 Å². The van der Waals surface area contributed by atoms with Gasteiger partial charge in [0.2, 0.25) is 0 Å². The van der Waals surface area contributed by atoms with Gasteiger partial charge in [-0.3, -0.25) is 4.98 Å². The summed E-state index contributed by atoms with van der Waals surface area (Å²) in [6.07, 6.45) is 1.83.